The predicted molar refractivity (Wildman–Crippen MR) is 72.2 cm³/mol. The summed E-state index contributed by atoms with van der Waals surface area (Å²) in [5.41, 5.74) is 12.4. The van der Waals surface area contributed by atoms with E-state index in [0.717, 1.165) is 16.2 Å². The van der Waals surface area contributed by atoms with Crippen molar-refractivity contribution >= 4 is 23.0 Å². The maximum Gasteiger partial charge on any atom is 0.211 e. The van der Waals surface area contributed by atoms with Crippen LogP contribution in [0.3, 0.4) is 0 Å². The highest BCUT2D eigenvalue weighted by atomic mass is 32.1. The summed E-state index contributed by atoms with van der Waals surface area (Å²) in [6, 6.07) is 13.8. The van der Waals surface area contributed by atoms with E-state index in [1.165, 1.54) is 0 Å². The standard InChI is InChI=1S/C12H12N4S/c13-12(14)16-15-11(10-7-4-8-17-10)9-5-2-1-3-6-9/h1-8H,(H4,13,14,16)/b15-11+. The second-order valence-corrected chi connectivity index (χ2v) is 4.26. The van der Waals surface area contributed by atoms with E-state index in [-0.39, 0.29) is 5.96 Å². The van der Waals surface area contributed by atoms with Crippen molar-refractivity contribution in [2.24, 2.45) is 21.7 Å². The molecular weight excluding hydrogens is 232 g/mol. The van der Waals surface area contributed by atoms with Gasteiger partial charge in [-0.05, 0) is 11.4 Å². The summed E-state index contributed by atoms with van der Waals surface area (Å²) < 4.78 is 0. The van der Waals surface area contributed by atoms with E-state index in [2.05, 4.69) is 10.2 Å². The van der Waals surface area contributed by atoms with Crippen LogP contribution in [0.4, 0.5) is 0 Å². The van der Waals surface area contributed by atoms with Crippen molar-refractivity contribution in [2.75, 3.05) is 0 Å². The molecule has 86 valence electrons. The van der Waals surface area contributed by atoms with E-state index in [0.29, 0.717) is 0 Å². The smallest absolute Gasteiger partial charge is 0.211 e. The number of nitrogens with zero attached hydrogens (tertiary/aromatic N) is 2. The molecule has 0 aliphatic rings. The SMILES string of the molecule is NC(N)=N/N=C(\c1ccccc1)c1cccs1. The van der Waals surface area contributed by atoms with E-state index >= 15 is 0 Å². The number of hydrogen-bond donors (Lipinski definition) is 2. The highest BCUT2D eigenvalue weighted by Gasteiger charge is 2.07. The number of benzene rings is 1. The molecule has 0 spiro atoms. The highest BCUT2D eigenvalue weighted by Crippen LogP contribution is 2.16. The van der Waals surface area contributed by atoms with Crippen molar-refractivity contribution in [2.45, 2.75) is 0 Å². The van der Waals surface area contributed by atoms with Gasteiger partial charge in [-0.1, -0.05) is 36.4 Å². The second-order valence-electron chi connectivity index (χ2n) is 3.32. The van der Waals surface area contributed by atoms with Crippen LogP contribution in [0.25, 0.3) is 0 Å². The van der Waals surface area contributed by atoms with Crippen molar-refractivity contribution < 1.29 is 0 Å². The number of thiophene rings is 1. The Labute approximate surface area is 103 Å². The monoisotopic (exact) mass is 244 g/mol. The van der Waals surface area contributed by atoms with Crippen molar-refractivity contribution in [1.29, 1.82) is 0 Å². The molecule has 0 bridgehead atoms. The van der Waals surface area contributed by atoms with Crippen molar-refractivity contribution in [3.63, 3.8) is 0 Å². The molecule has 4 N–H and O–H groups in total. The highest BCUT2D eigenvalue weighted by molar-refractivity contribution is 7.12. The van der Waals surface area contributed by atoms with Gasteiger partial charge in [0.2, 0.25) is 5.96 Å². The maximum absolute atomic E-state index is 5.30. The van der Waals surface area contributed by atoms with Gasteiger partial charge in [-0.25, -0.2) is 0 Å². The minimum atomic E-state index is -0.0463. The Morgan fingerprint density at radius 1 is 0.941 bits per heavy atom. The van der Waals surface area contributed by atoms with Gasteiger partial charge < -0.3 is 11.5 Å². The first kappa shape index (κ1) is 11.3. The Morgan fingerprint density at radius 3 is 2.29 bits per heavy atom. The molecule has 17 heavy (non-hydrogen) atoms. The zero-order valence-electron chi connectivity index (χ0n) is 9.08. The summed E-state index contributed by atoms with van der Waals surface area (Å²) >= 11 is 1.60. The van der Waals surface area contributed by atoms with Gasteiger partial charge >= 0.3 is 0 Å². The molecular formula is C12H12N4S. The Kier molecular flexibility index (Phi) is 3.52. The predicted octanol–water partition coefficient (Wildman–Crippen LogP) is 1.77. The normalized spacial score (nSPS) is 11.2. The average molecular weight is 244 g/mol. The lowest BCUT2D eigenvalue weighted by atomic mass is 10.1. The average Bonchev–Trinajstić information content (AvgIpc) is 2.84. The molecule has 1 aromatic carbocycles. The molecule has 0 saturated carbocycles. The summed E-state index contributed by atoms with van der Waals surface area (Å²) in [5, 5.41) is 9.81. The van der Waals surface area contributed by atoms with Crippen LogP contribution in [0.15, 0.2) is 58.0 Å². The van der Waals surface area contributed by atoms with Gasteiger partial charge in [0.15, 0.2) is 0 Å². The molecule has 0 saturated heterocycles. The molecule has 0 fully saturated rings. The molecule has 5 heteroatoms. The summed E-state index contributed by atoms with van der Waals surface area (Å²) in [6.45, 7) is 0. The molecule has 2 aromatic rings. The lowest BCUT2D eigenvalue weighted by Gasteiger charge is -2.01. The van der Waals surface area contributed by atoms with Crippen molar-refractivity contribution in [1.82, 2.24) is 0 Å². The first-order valence-electron chi connectivity index (χ1n) is 5.03. The van der Waals surface area contributed by atoms with E-state index in [1.807, 2.05) is 47.8 Å². The molecule has 0 amide bonds. The van der Waals surface area contributed by atoms with Gasteiger partial charge in [0.1, 0.15) is 5.71 Å². The van der Waals surface area contributed by atoms with Crippen LogP contribution in [0, 0.1) is 0 Å². The number of guanidine groups is 1. The van der Waals surface area contributed by atoms with Crippen LogP contribution < -0.4 is 11.5 Å². The largest absolute Gasteiger partial charge is 0.369 e. The fourth-order valence-electron chi connectivity index (χ4n) is 1.37. The molecule has 0 radical (unpaired) electrons. The van der Waals surface area contributed by atoms with Gasteiger partial charge in [0.25, 0.3) is 0 Å². The van der Waals surface area contributed by atoms with Gasteiger partial charge in [-0.2, -0.15) is 0 Å². The summed E-state index contributed by atoms with van der Waals surface area (Å²) in [4.78, 5) is 1.03. The van der Waals surface area contributed by atoms with Crippen LogP contribution in [-0.2, 0) is 0 Å². The summed E-state index contributed by atoms with van der Waals surface area (Å²) in [5.74, 6) is -0.0463. The zero-order valence-corrected chi connectivity index (χ0v) is 9.89. The van der Waals surface area contributed by atoms with Crippen LogP contribution in [0.1, 0.15) is 10.4 Å². The van der Waals surface area contributed by atoms with Gasteiger partial charge in [-0.15, -0.1) is 21.5 Å². The molecule has 2 rings (SSSR count). The Balaban J connectivity index is 2.46. The van der Waals surface area contributed by atoms with Gasteiger partial charge in [0, 0.05) is 5.56 Å². The molecule has 0 aliphatic carbocycles. The Bertz CT molecular complexity index is 525. The van der Waals surface area contributed by atoms with Crippen LogP contribution >= 0.6 is 11.3 Å². The summed E-state index contributed by atoms with van der Waals surface area (Å²) in [7, 11) is 0. The third-order valence-electron chi connectivity index (χ3n) is 2.07. The van der Waals surface area contributed by atoms with Gasteiger partial charge in [-0.3, -0.25) is 0 Å². The third-order valence-corrected chi connectivity index (χ3v) is 2.94. The van der Waals surface area contributed by atoms with Gasteiger partial charge in [0.05, 0.1) is 4.88 Å². The number of rotatable bonds is 3. The quantitative estimate of drug-likeness (QED) is 0.490. The van der Waals surface area contributed by atoms with Crippen LogP contribution in [0.5, 0.6) is 0 Å². The zero-order chi connectivity index (χ0) is 12.1. The summed E-state index contributed by atoms with van der Waals surface area (Å²) in [6.07, 6.45) is 0. The molecule has 0 aliphatic heterocycles. The molecule has 0 atom stereocenters. The minimum Gasteiger partial charge on any atom is -0.369 e. The molecule has 1 heterocycles. The lowest BCUT2D eigenvalue weighted by Crippen LogP contribution is -2.22. The van der Waals surface area contributed by atoms with Crippen LogP contribution in [-0.4, -0.2) is 11.7 Å². The van der Waals surface area contributed by atoms with Crippen molar-refractivity contribution in [3.8, 4) is 0 Å². The topological polar surface area (TPSA) is 76.8 Å². The fraction of sp³-hybridized carbons (Fsp3) is 0. The van der Waals surface area contributed by atoms with E-state index in [1.54, 1.807) is 11.3 Å². The Hall–Kier alpha value is -2.14. The fourth-order valence-corrected chi connectivity index (χ4v) is 2.10. The third kappa shape index (κ3) is 2.92. The lowest BCUT2D eigenvalue weighted by molar-refractivity contribution is 1.20. The second kappa shape index (κ2) is 5.27. The van der Waals surface area contributed by atoms with Crippen molar-refractivity contribution in [3.05, 3.63) is 58.3 Å². The molecule has 0 unspecified atom stereocenters. The molecule has 1 aromatic heterocycles. The Morgan fingerprint density at radius 2 is 1.71 bits per heavy atom. The number of hydrogen-bond acceptors (Lipinski definition) is 3. The minimum absolute atomic E-state index is 0.0463. The van der Waals surface area contributed by atoms with E-state index in [4.69, 9.17) is 11.5 Å². The van der Waals surface area contributed by atoms with E-state index in [9.17, 15) is 0 Å². The first-order chi connectivity index (χ1) is 8.27. The van der Waals surface area contributed by atoms with E-state index < -0.39 is 0 Å². The van der Waals surface area contributed by atoms with Crippen LogP contribution in [0.2, 0.25) is 0 Å². The first-order valence-corrected chi connectivity index (χ1v) is 5.91. The molecule has 4 nitrogen and oxygen atoms in total. The maximum atomic E-state index is 5.30. The number of nitrogens with two attached hydrogens (primary N) is 2.